The molecule has 0 spiro atoms. The number of aromatic nitrogens is 1. The molecule has 0 radical (unpaired) electrons. The van der Waals surface area contributed by atoms with Crippen molar-refractivity contribution >= 4 is 40.9 Å². The number of aryl methyl sites for hydroxylation is 2. The molecule has 6 heteroatoms. The second-order valence-electron chi connectivity index (χ2n) is 8.80. The molecule has 0 atom stereocenters. The SMILES string of the molecule is Cc1cccc(N2C(=O)/C(=C/c3cc(C)n(-c4ccccc4)c3-c3ccccc3)C(=O)NC2=S)c1C. The third-order valence-electron chi connectivity index (χ3n) is 6.49. The number of nitrogens with one attached hydrogen (secondary N) is 1. The van der Waals surface area contributed by atoms with E-state index in [0.717, 1.165) is 39.3 Å². The molecule has 178 valence electrons. The van der Waals surface area contributed by atoms with Gasteiger partial charge in [0.05, 0.1) is 11.4 Å². The van der Waals surface area contributed by atoms with Crippen LogP contribution in [0.3, 0.4) is 0 Å². The molecule has 5 rings (SSSR count). The van der Waals surface area contributed by atoms with Crippen LogP contribution in [0, 0.1) is 20.8 Å². The molecule has 1 aliphatic heterocycles. The first-order chi connectivity index (χ1) is 17.4. The zero-order chi connectivity index (χ0) is 25.4. The molecule has 2 heterocycles. The molecule has 1 aliphatic rings. The zero-order valence-electron chi connectivity index (χ0n) is 20.3. The highest BCUT2D eigenvalue weighted by Crippen LogP contribution is 2.33. The van der Waals surface area contributed by atoms with Crippen LogP contribution in [0.4, 0.5) is 5.69 Å². The van der Waals surface area contributed by atoms with Gasteiger partial charge in [-0.3, -0.25) is 19.8 Å². The van der Waals surface area contributed by atoms with E-state index in [0.29, 0.717) is 5.69 Å². The number of hydrogen-bond donors (Lipinski definition) is 1. The summed E-state index contributed by atoms with van der Waals surface area (Å²) in [7, 11) is 0. The zero-order valence-corrected chi connectivity index (χ0v) is 21.1. The van der Waals surface area contributed by atoms with E-state index in [2.05, 4.69) is 9.88 Å². The fourth-order valence-corrected chi connectivity index (χ4v) is 4.86. The van der Waals surface area contributed by atoms with Gasteiger partial charge in [-0.15, -0.1) is 0 Å². The first kappa shape index (κ1) is 23.5. The maximum absolute atomic E-state index is 13.7. The smallest absolute Gasteiger partial charge is 0.270 e. The Bertz CT molecular complexity index is 1540. The normalized spacial score (nSPS) is 14.9. The fraction of sp³-hybridized carbons (Fsp3) is 0.100. The van der Waals surface area contributed by atoms with E-state index in [9.17, 15) is 9.59 Å². The van der Waals surface area contributed by atoms with Gasteiger partial charge in [0.2, 0.25) is 0 Å². The summed E-state index contributed by atoms with van der Waals surface area (Å²) < 4.78 is 2.14. The van der Waals surface area contributed by atoms with Crippen LogP contribution in [0.25, 0.3) is 23.0 Å². The van der Waals surface area contributed by atoms with Gasteiger partial charge in [-0.2, -0.15) is 0 Å². The second-order valence-corrected chi connectivity index (χ2v) is 9.19. The molecular formula is C30H25N3O2S. The molecule has 0 bridgehead atoms. The van der Waals surface area contributed by atoms with E-state index in [1.807, 2.05) is 106 Å². The van der Waals surface area contributed by atoms with Crippen molar-refractivity contribution in [3.63, 3.8) is 0 Å². The molecular weight excluding hydrogens is 466 g/mol. The number of para-hydroxylation sites is 1. The van der Waals surface area contributed by atoms with Crippen LogP contribution in [-0.2, 0) is 9.59 Å². The minimum absolute atomic E-state index is 0.0342. The molecule has 4 aromatic rings. The Kier molecular flexibility index (Phi) is 6.12. The molecule has 3 aromatic carbocycles. The van der Waals surface area contributed by atoms with Gasteiger partial charge < -0.3 is 4.57 Å². The molecule has 1 N–H and O–H groups in total. The minimum atomic E-state index is -0.504. The van der Waals surface area contributed by atoms with Gasteiger partial charge in [-0.1, -0.05) is 60.7 Å². The van der Waals surface area contributed by atoms with E-state index in [1.54, 1.807) is 6.08 Å². The van der Waals surface area contributed by atoms with E-state index in [-0.39, 0.29) is 10.7 Å². The summed E-state index contributed by atoms with van der Waals surface area (Å²) in [6, 6.07) is 27.7. The first-order valence-electron chi connectivity index (χ1n) is 11.7. The average molecular weight is 492 g/mol. The summed E-state index contributed by atoms with van der Waals surface area (Å²) in [5.41, 5.74) is 7.30. The van der Waals surface area contributed by atoms with E-state index < -0.39 is 11.8 Å². The number of anilines is 1. The van der Waals surface area contributed by atoms with Crippen molar-refractivity contribution in [3.05, 3.63) is 113 Å². The number of nitrogens with zero attached hydrogens (tertiary/aromatic N) is 2. The van der Waals surface area contributed by atoms with Gasteiger partial charge in [0.15, 0.2) is 5.11 Å². The van der Waals surface area contributed by atoms with Crippen molar-refractivity contribution in [2.45, 2.75) is 20.8 Å². The Morgan fingerprint density at radius 1 is 0.833 bits per heavy atom. The highest BCUT2D eigenvalue weighted by atomic mass is 32.1. The first-order valence-corrected chi connectivity index (χ1v) is 12.1. The third kappa shape index (κ3) is 4.06. The molecule has 1 saturated heterocycles. The number of carbonyl (C=O) groups is 2. The topological polar surface area (TPSA) is 54.3 Å². The van der Waals surface area contributed by atoms with Crippen molar-refractivity contribution in [2.75, 3.05) is 4.90 Å². The van der Waals surface area contributed by atoms with Crippen molar-refractivity contribution < 1.29 is 9.59 Å². The molecule has 0 aliphatic carbocycles. The molecule has 5 nitrogen and oxygen atoms in total. The second kappa shape index (κ2) is 9.40. The molecule has 1 fully saturated rings. The summed E-state index contributed by atoms with van der Waals surface area (Å²) >= 11 is 5.42. The van der Waals surface area contributed by atoms with Crippen molar-refractivity contribution in [2.24, 2.45) is 0 Å². The molecule has 0 unspecified atom stereocenters. The lowest BCUT2D eigenvalue weighted by molar-refractivity contribution is -0.122. The summed E-state index contributed by atoms with van der Waals surface area (Å²) in [6.07, 6.45) is 1.67. The molecule has 2 amide bonds. The largest absolute Gasteiger partial charge is 0.313 e. The van der Waals surface area contributed by atoms with E-state index >= 15 is 0 Å². The maximum Gasteiger partial charge on any atom is 0.270 e. The summed E-state index contributed by atoms with van der Waals surface area (Å²) in [5.74, 6) is -0.947. The van der Waals surface area contributed by atoms with Crippen LogP contribution in [0.5, 0.6) is 0 Å². The quantitative estimate of drug-likeness (QED) is 0.220. The lowest BCUT2D eigenvalue weighted by Gasteiger charge is -2.30. The highest BCUT2D eigenvalue weighted by molar-refractivity contribution is 7.80. The monoisotopic (exact) mass is 491 g/mol. The predicted molar refractivity (Wildman–Crippen MR) is 148 cm³/mol. The van der Waals surface area contributed by atoms with Gasteiger partial charge in [-0.05, 0) is 80.0 Å². The van der Waals surface area contributed by atoms with Gasteiger partial charge in [0.1, 0.15) is 5.57 Å². The number of amides is 2. The van der Waals surface area contributed by atoms with E-state index in [1.165, 1.54) is 4.90 Å². The van der Waals surface area contributed by atoms with Gasteiger partial charge in [0.25, 0.3) is 11.8 Å². The summed E-state index contributed by atoms with van der Waals surface area (Å²) in [6.45, 7) is 5.94. The summed E-state index contributed by atoms with van der Waals surface area (Å²) in [5, 5.41) is 2.79. The number of benzene rings is 3. The van der Waals surface area contributed by atoms with Crippen LogP contribution in [0.2, 0.25) is 0 Å². The third-order valence-corrected chi connectivity index (χ3v) is 6.78. The van der Waals surface area contributed by atoms with Crippen LogP contribution >= 0.6 is 12.2 Å². The van der Waals surface area contributed by atoms with E-state index in [4.69, 9.17) is 12.2 Å². The lowest BCUT2D eigenvalue weighted by Crippen LogP contribution is -2.54. The standard InChI is InChI=1S/C30H25N3O2S/c1-19-11-10-16-26(21(19)3)33-29(35)25(28(34)31-30(33)36)18-23-17-20(2)32(24-14-8-5-9-15-24)27(23)22-12-6-4-7-13-22/h4-18H,1-3H3,(H,31,34,36)/b25-18+. The van der Waals surface area contributed by atoms with Gasteiger partial charge >= 0.3 is 0 Å². The van der Waals surface area contributed by atoms with Gasteiger partial charge in [-0.25, -0.2) is 0 Å². The van der Waals surface area contributed by atoms with Crippen LogP contribution < -0.4 is 10.2 Å². The van der Waals surface area contributed by atoms with Crippen molar-refractivity contribution in [1.82, 2.24) is 9.88 Å². The Morgan fingerprint density at radius 2 is 1.50 bits per heavy atom. The Labute approximate surface area is 215 Å². The average Bonchev–Trinajstić information content (AvgIpc) is 3.21. The van der Waals surface area contributed by atoms with Crippen molar-refractivity contribution in [3.8, 4) is 16.9 Å². The minimum Gasteiger partial charge on any atom is -0.313 e. The highest BCUT2D eigenvalue weighted by Gasteiger charge is 2.35. The molecule has 36 heavy (non-hydrogen) atoms. The number of carbonyl (C=O) groups excluding carboxylic acids is 2. The maximum atomic E-state index is 13.7. The van der Waals surface area contributed by atoms with Crippen LogP contribution in [0.15, 0.2) is 90.5 Å². The predicted octanol–water partition coefficient (Wildman–Crippen LogP) is 5.90. The summed E-state index contributed by atoms with van der Waals surface area (Å²) in [4.78, 5) is 28.2. The van der Waals surface area contributed by atoms with Crippen LogP contribution in [0.1, 0.15) is 22.4 Å². The Balaban J connectivity index is 1.69. The number of thiocarbonyl (C=S) groups is 1. The Morgan fingerprint density at radius 3 is 2.19 bits per heavy atom. The fourth-order valence-electron chi connectivity index (χ4n) is 4.58. The Hall–Kier alpha value is -4.29. The molecule has 1 aromatic heterocycles. The number of rotatable bonds is 4. The lowest BCUT2D eigenvalue weighted by atomic mass is 10.0. The number of hydrogen-bond acceptors (Lipinski definition) is 3. The van der Waals surface area contributed by atoms with Crippen LogP contribution in [-0.4, -0.2) is 21.5 Å². The van der Waals surface area contributed by atoms with Crippen molar-refractivity contribution in [1.29, 1.82) is 0 Å². The van der Waals surface area contributed by atoms with Gasteiger partial charge in [0, 0.05) is 16.9 Å². The molecule has 0 saturated carbocycles.